The van der Waals surface area contributed by atoms with Gasteiger partial charge in [0.2, 0.25) is 0 Å². The van der Waals surface area contributed by atoms with E-state index < -0.39 is 54.8 Å². The third-order valence-electron chi connectivity index (χ3n) is 17.5. The SMILES string of the molecule is CC(C)c1ccccc1[C@@H]1CCCN1C1CC2(CCN(c3ccc(C(=O)NS(=O)(=O)c4cc5c(c([N+](=O)[O-])c4)N[C@@H]([C@H]4CC[C@](C)(O)CC4)CO5)c(Oc4cc5cc[nH]c5nc4O[C@@H]4CCN(C(=O)OC(C)(C)C)C4)c3)CC2)C1. The van der Waals surface area contributed by atoms with Crippen LogP contribution in [-0.4, -0.2) is 119 Å². The Hall–Kier alpha value is -6.64. The number of amides is 2. The van der Waals surface area contributed by atoms with Crippen LogP contribution in [0.4, 0.5) is 21.9 Å². The van der Waals surface area contributed by atoms with Crippen LogP contribution in [0.3, 0.4) is 0 Å². The first-order valence-electron chi connectivity index (χ1n) is 28.2. The number of benzene rings is 3. The molecule has 5 fully saturated rings. The number of hydrogen-bond acceptors (Lipinski definition) is 15. The molecule has 19 nitrogen and oxygen atoms in total. The van der Waals surface area contributed by atoms with Crippen molar-refractivity contribution < 1.29 is 47.0 Å². The van der Waals surface area contributed by atoms with E-state index >= 15 is 0 Å². The summed E-state index contributed by atoms with van der Waals surface area (Å²) in [5, 5.41) is 27.0. The highest BCUT2D eigenvalue weighted by Gasteiger charge is 2.50. The van der Waals surface area contributed by atoms with Crippen molar-refractivity contribution in [3.63, 3.8) is 0 Å². The Bertz CT molecular complexity index is 3240. The molecule has 0 radical (unpaired) electrons. The normalized spacial score (nSPS) is 24.4. The Kier molecular flexibility index (Phi) is 14.5. The van der Waals surface area contributed by atoms with Crippen LogP contribution in [0.15, 0.2) is 77.8 Å². The van der Waals surface area contributed by atoms with Gasteiger partial charge in [-0.15, -0.1) is 0 Å². The molecule has 4 N–H and O–H groups in total. The van der Waals surface area contributed by atoms with Crippen molar-refractivity contribution in [3.8, 4) is 23.1 Å². The number of hydrogen-bond donors (Lipinski definition) is 4. The van der Waals surface area contributed by atoms with E-state index in [9.17, 15) is 33.2 Å². The summed E-state index contributed by atoms with van der Waals surface area (Å²) >= 11 is 0. The molecule has 422 valence electrons. The van der Waals surface area contributed by atoms with Gasteiger partial charge in [0.05, 0.1) is 33.6 Å². The minimum absolute atomic E-state index is 0.0264. The van der Waals surface area contributed by atoms with Crippen molar-refractivity contribution in [1.29, 1.82) is 0 Å². The van der Waals surface area contributed by atoms with Crippen LogP contribution in [-0.2, 0) is 14.8 Å². The molecule has 4 aliphatic heterocycles. The van der Waals surface area contributed by atoms with Crippen molar-refractivity contribution in [3.05, 3.63) is 99.7 Å². The van der Waals surface area contributed by atoms with Gasteiger partial charge in [-0.2, -0.15) is 4.98 Å². The molecule has 11 rings (SSSR count). The molecular formula is C59H74N8O11S. The monoisotopic (exact) mass is 1100 g/mol. The van der Waals surface area contributed by atoms with E-state index in [1.165, 1.54) is 36.1 Å². The number of carbonyl (C=O) groups excluding carboxylic acids is 2. The minimum atomic E-state index is -4.77. The highest BCUT2D eigenvalue weighted by atomic mass is 32.2. The van der Waals surface area contributed by atoms with Gasteiger partial charge in [-0.25, -0.2) is 17.9 Å². The second-order valence-corrected chi connectivity index (χ2v) is 26.3. The summed E-state index contributed by atoms with van der Waals surface area (Å²) in [6.45, 7) is 15.2. The molecule has 3 aromatic carbocycles. The Labute approximate surface area is 461 Å². The number of carbonyl (C=O) groups is 2. The second-order valence-electron chi connectivity index (χ2n) is 24.6. The van der Waals surface area contributed by atoms with Crippen LogP contribution in [0, 0.1) is 21.4 Å². The number of sulfonamides is 1. The number of aliphatic hydroxyl groups is 1. The summed E-state index contributed by atoms with van der Waals surface area (Å²) in [5.74, 6) is -0.254. The van der Waals surface area contributed by atoms with Crippen molar-refractivity contribution in [2.24, 2.45) is 11.3 Å². The molecule has 0 unspecified atom stereocenters. The summed E-state index contributed by atoms with van der Waals surface area (Å²) in [5.41, 5.74) is 2.39. The molecule has 3 atom stereocenters. The van der Waals surface area contributed by atoms with Gasteiger partial charge in [-0.1, -0.05) is 38.1 Å². The van der Waals surface area contributed by atoms with Crippen molar-refractivity contribution in [2.45, 2.75) is 158 Å². The molecule has 6 heterocycles. The van der Waals surface area contributed by atoms with Crippen molar-refractivity contribution in [1.82, 2.24) is 24.5 Å². The number of nitro benzene ring substituents is 1. The van der Waals surface area contributed by atoms with Gasteiger partial charge in [-0.05, 0) is 151 Å². The lowest BCUT2D eigenvalue weighted by atomic mass is 9.59. The molecule has 2 aliphatic carbocycles. The fraction of sp³-hybridized carbons (Fsp3) is 0.542. The summed E-state index contributed by atoms with van der Waals surface area (Å²) < 4.78 is 55.7. The highest BCUT2D eigenvalue weighted by Crippen LogP contribution is 2.55. The number of nitro groups is 1. The second kappa shape index (κ2) is 21.1. The molecule has 79 heavy (non-hydrogen) atoms. The quantitative estimate of drug-likeness (QED) is 0.0635. The lowest BCUT2D eigenvalue weighted by Crippen LogP contribution is -2.54. The molecule has 6 aliphatic rings. The molecule has 2 amide bonds. The first-order valence-corrected chi connectivity index (χ1v) is 29.6. The van der Waals surface area contributed by atoms with Gasteiger partial charge >= 0.3 is 6.09 Å². The third kappa shape index (κ3) is 11.4. The number of aromatic amines is 1. The Morgan fingerprint density at radius 2 is 1.71 bits per heavy atom. The van der Waals surface area contributed by atoms with Crippen molar-refractivity contribution >= 4 is 50.1 Å². The number of ether oxygens (including phenoxy) is 4. The van der Waals surface area contributed by atoms with Gasteiger partial charge < -0.3 is 44.2 Å². The van der Waals surface area contributed by atoms with E-state index in [2.05, 4.69) is 62.9 Å². The predicted octanol–water partition coefficient (Wildman–Crippen LogP) is 10.6. The van der Waals surface area contributed by atoms with E-state index in [1.807, 2.05) is 26.8 Å². The van der Waals surface area contributed by atoms with E-state index in [-0.39, 0.29) is 64.9 Å². The average Bonchev–Trinajstić information content (AvgIpc) is 4.25. The van der Waals surface area contributed by atoms with Crippen LogP contribution in [0.25, 0.3) is 11.0 Å². The van der Waals surface area contributed by atoms with E-state index in [1.54, 1.807) is 36.2 Å². The largest absolute Gasteiger partial charge is 0.489 e. The first kappa shape index (κ1) is 54.3. The minimum Gasteiger partial charge on any atom is -0.489 e. The zero-order valence-electron chi connectivity index (χ0n) is 46.1. The Morgan fingerprint density at radius 1 is 0.949 bits per heavy atom. The fourth-order valence-corrected chi connectivity index (χ4v) is 14.1. The standard InChI is InChI=1S/C59H74N8O11S/c1-36(2)43-10-7-8-11-44(43)47-12-9-24-66(47)40-32-59(33-40)21-26-64(27-22-59)39-13-14-45(49(29-39)77-51-28-38-17-23-60-53(38)62-55(51)76-41-18-25-65(34-41)56(69)78-57(3,4)5)54(68)63-79(73,74)42-30-48(67(71)72)52-50(31-42)75-35-46(61-52)37-15-19-58(6,70)20-16-37/h7-8,10-11,13-14,17,23,28-31,36-37,40-41,46-47,61,70H,9,12,15-16,18-22,24-27,32-35H2,1-6H3,(H,60,62)(H,63,68)/t37-,41-,46-,47+,58-/m1/s1. The number of likely N-dealkylation sites (tertiary alicyclic amines) is 2. The number of aromatic nitrogens is 2. The molecule has 5 aromatic rings. The third-order valence-corrected chi connectivity index (χ3v) is 18.8. The molecular weight excluding hydrogens is 1030 g/mol. The Morgan fingerprint density at radius 3 is 2.44 bits per heavy atom. The van der Waals surface area contributed by atoms with Crippen LogP contribution in [0.2, 0.25) is 0 Å². The van der Waals surface area contributed by atoms with Gasteiger partial charge in [0.25, 0.3) is 27.5 Å². The summed E-state index contributed by atoms with van der Waals surface area (Å²) in [4.78, 5) is 53.5. The van der Waals surface area contributed by atoms with Gasteiger partial charge in [0, 0.05) is 73.6 Å². The molecule has 20 heteroatoms. The number of nitrogens with one attached hydrogen (secondary N) is 3. The number of anilines is 2. The molecule has 3 saturated heterocycles. The van der Waals surface area contributed by atoms with Crippen molar-refractivity contribution in [2.75, 3.05) is 49.5 Å². The number of piperidine rings is 1. The highest BCUT2D eigenvalue weighted by molar-refractivity contribution is 7.90. The maximum atomic E-state index is 14.6. The van der Waals surface area contributed by atoms with Gasteiger partial charge in [0.15, 0.2) is 17.2 Å². The number of nitrogens with zero attached hydrogens (tertiary/aromatic N) is 5. The van der Waals surface area contributed by atoms with Crippen LogP contribution in [0.5, 0.6) is 23.1 Å². The van der Waals surface area contributed by atoms with Crippen LogP contribution >= 0.6 is 0 Å². The number of pyridine rings is 1. The molecule has 2 aromatic heterocycles. The Balaban J connectivity index is 0.852. The fourth-order valence-electron chi connectivity index (χ4n) is 13.1. The molecule has 2 saturated carbocycles. The first-order chi connectivity index (χ1) is 37.6. The summed E-state index contributed by atoms with van der Waals surface area (Å²) in [7, 11) is -4.77. The zero-order valence-corrected chi connectivity index (χ0v) is 46.9. The number of H-pyrrole nitrogens is 1. The van der Waals surface area contributed by atoms with Crippen LogP contribution < -0.4 is 29.1 Å². The summed E-state index contributed by atoms with van der Waals surface area (Å²) in [6, 6.07) is 20.4. The van der Waals surface area contributed by atoms with E-state index in [4.69, 9.17) is 23.9 Å². The maximum Gasteiger partial charge on any atom is 0.410 e. The van der Waals surface area contributed by atoms with Gasteiger partial charge in [-0.3, -0.25) is 19.8 Å². The molecule has 0 bridgehead atoms. The number of rotatable bonds is 13. The zero-order chi connectivity index (χ0) is 55.6. The molecule has 1 spiro atoms. The average molecular weight is 1100 g/mol. The van der Waals surface area contributed by atoms with Gasteiger partial charge in [0.1, 0.15) is 29.7 Å². The number of fused-ring (bicyclic) bond motifs is 2. The van der Waals surface area contributed by atoms with Crippen LogP contribution in [0.1, 0.15) is 146 Å². The summed E-state index contributed by atoms with van der Waals surface area (Å²) in [6.07, 6.45) is 10.5. The predicted molar refractivity (Wildman–Crippen MR) is 299 cm³/mol. The maximum absolute atomic E-state index is 14.6. The topological polar surface area (TPSA) is 231 Å². The lowest BCUT2D eigenvalue weighted by molar-refractivity contribution is -0.384. The lowest BCUT2D eigenvalue weighted by Gasteiger charge is -2.56. The van der Waals surface area contributed by atoms with E-state index in [0.717, 1.165) is 57.1 Å². The smallest absolute Gasteiger partial charge is 0.410 e. The van der Waals surface area contributed by atoms with E-state index in [0.29, 0.717) is 67.7 Å².